The molecule has 3 fully saturated rings. The van der Waals surface area contributed by atoms with E-state index < -0.39 is 6.36 Å². The van der Waals surface area contributed by atoms with Crippen molar-refractivity contribution in [3.05, 3.63) is 58.7 Å². The van der Waals surface area contributed by atoms with Crippen LogP contribution in [0.5, 0.6) is 11.5 Å². The second-order valence-corrected chi connectivity index (χ2v) is 12.3. The summed E-state index contributed by atoms with van der Waals surface area (Å²) in [7, 11) is 1.45. The van der Waals surface area contributed by atoms with E-state index in [-0.39, 0.29) is 29.2 Å². The zero-order valence-corrected chi connectivity index (χ0v) is 23.3. The van der Waals surface area contributed by atoms with Crippen LogP contribution in [0, 0.1) is 11.8 Å². The molecular formula is C32H38F3NO4. The van der Waals surface area contributed by atoms with Crippen molar-refractivity contribution in [1.82, 2.24) is 4.90 Å². The highest BCUT2D eigenvalue weighted by atomic mass is 19.4. The third-order valence-corrected chi connectivity index (χ3v) is 9.41. The van der Waals surface area contributed by atoms with Gasteiger partial charge in [0.2, 0.25) is 0 Å². The Morgan fingerprint density at radius 2 is 1.82 bits per heavy atom. The Morgan fingerprint density at radius 3 is 2.48 bits per heavy atom. The van der Waals surface area contributed by atoms with E-state index in [1.165, 1.54) is 18.7 Å². The summed E-state index contributed by atoms with van der Waals surface area (Å²) in [5.41, 5.74) is 3.77. The van der Waals surface area contributed by atoms with Crippen LogP contribution >= 0.6 is 0 Å². The average molecular weight is 558 g/mol. The highest BCUT2D eigenvalue weighted by Crippen LogP contribution is 2.49. The van der Waals surface area contributed by atoms with Gasteiger partial charge in [-0.3, -0.25) is 9.69 Å². The van der Waals surface area contributed by atoms with Crippen molar-refractivity contribution < 1.29 is 32.2 Å². The van der Waals surface area contributed by atoms with Crippen LogP contribution in [-0.4, -0.2) is 43.0 Å². The van der Waals surface area contributed by atoms with Gasteiger partial charge >= 0.3 is 12.3 Å². The second-order valence-electron chi connectivity index (χ2n) is 12.3. The lowest BCUT2D eigenvalue weighted by Gasteiger charge is -2.45. The second kappa shape index (κ2) is 10.6. The van der Waals surface area contributed by atoms with Gasteiger partial charge in [-0.2, -0.15) is 0 Å². The van der Waals surface area contributed by atoms with Crippen molar-refractivity contribution in [1.29, 1.82) is 0 Å². The Balaban J connectivity index is 1.14. The number of carbonyl (C=O) groups excluding carboxylic acids is 1. The smallest absolute Gasteiger partial charge is 0.487 e. The molecule has 0 aromatic heterocycles. The van der Waals surface area contributed by atoms with Gasteiger partial charge < -0.3 is 14.2 Å². The topological polar surface area (TPSA) is 48.0 Å². The molecule has 1 spiro atoms. The molecule has 2 heterocycles. The largest absolute Gasteiger partial charge is 0.573 e. The minimum absolute atomic E-state index is 0.0982. The predicted molar refractivity (Wildman–Crippen MR) is 144 cm³/mol. The minimum Gasteiger partial charge on any atom is -0.487 e. The highest BCUT2D eigenvalue weighted by Gasteiger charge is 2.42. The minimum atomic E-state index is -4.71. The molecule has 0 radical (unpaired) electrons. The molecule has 2 saturated carbocycles. The number of rotatable bonds is 8. The van der Waals surface area contributed by atoms with Crippen molar-refractivity contribution in [3.63, 3.8) is 0 Å². The number of hydrogen-bond donors (Lipinski definition) is 0. The molecule has 40 heavy (non-hydrogen) atoms. The molecule has 0 bridgehead atoms. The molecule has 6 rings (SSSR count). The molecule has 2 aliphatic carbocycles. The molecule has 2 aromatic rings. The lowest BCUT2D eigenvalue weighted by atomic mass is 9.80. The number of carbonyl (C=O) groups is 1. The van der Waals surface area contributed by atoms with Crippen LogP contribution in [0.3, 0.4) is 0 Å². The van der Waals surface area contributed by atoms with E-state index in [1.807, 2.05) is 13.0 Å². The van der Waals surface area contributed by atoms with E-state index in [0.717, 1.165) is 81.3 Å². The van der Waals surface area contributed by atoms with E-state index in [9.17, 15) is 18.0 Å². The standard InChI is InChI=1S/C32H38F3NO4/c1-20(30(37)38-2)29(23-6-7-23)25-8-5-22-11-12-31(39-28(22)18-25)13-15-36(16-14-31)19-26-17-24(21-3-4-21)9-10-27(26)40-32(33,34)35/h5,8-10,17-18,20-21,23,29H,3-4,6-7,11-16,19H2,1-2H3/t20-,29-/m0/s1. The van der Waals surface area contributed by atoms with Gasteiger partial charge in [-0.25, -0.2) is 0 Å². The molecule has 2 aliphatic heterocycles. The van der Waals surface area contributed by atoms with E-state index in [4.69, 9.17) is 9.47 Å². The van der Waals surface area contributed by atoms with Crippen LogP contribution < -0.4 is 9.47 Å². The fourth-order valence-electron chi connectivity index (χ4n) is 6.81. The van der Waals surface area contributed by atoms with Gasteiger partial charge in [-0.05, 0) is 97.9 Å². The molecular weight excluding hydrogens is 519 g/mol. The number of piperidine rings is 1. The zero-order chi connectivity index (χ0) is 28.1. The maximum absolute atomic E-state index is 13.1. The van der Waals surface area contributed by atoms with Crippen LogP contribution in [0.2, 0.25) is 0 Å². The molecule has 1 saturated heterocycles. The number of benzene rings is 2. The Labute approximate surface area is 234 Å². The first-order valence-corrected chi connectivity index (χ1v) is 14.6. The van der Waals surface area contributed by atoms with Crippen LogP contribution in [0.1, 0.15) is 86.0 Å². The lowest BCUT2D eigenvalue weighted by molar-refractivity contribution is -0.275. The molecule has 5 nitrogen and oxygen atoms in total. The van der Waals surface area contributed by atoms with Crippen molar-refractivity contribution in [2.75, 3.05) is 20.2 Å². The fraction of sp³-hybridized carbons (Fsp3) is 0.594. The number of likely N-dealkylation sites (tertiary alicyclic amines) is 1. The van der Waals surface area contributed by atoms with Crippen molar-refractivity contribution in [2.45, 2.75) is 88.6 Å². The Morgan fingerprint density at radius 1 is 1.07 bits per heavy atom. The molecule has 216 valence electrons. The number of aryl methyl sites for hydroxylation is 1. The number of ether oxygens (including phenoxy) is 3. The van der Waals surface area contributed by atoms with Crippen LogP contribution in [0.25, 0.3) is 0 Å². The summed E-state index contributed by atoms with van der Waals surface area (Å²) >= 11 is 0. The molecule has 0 N–H and O–H groups in total. The van der Waals surface area contributed by atoms with Crippen molar-refractivity contribution >= 4 is 5.97 Å². The van der Waals surface area contributed by atoms with Crippen LogP contribution in [-0.2, 0) is 22.5 Å². The fourth-order valence-corrected chi connectivity index (χ4v) is 6.81. The third kappa shape index (κ3) is 5.97. The SMILES string of the molecule is COC(=O)[C@@H](C)[C@H](c1ccc2c(c1)OC1(CC2)CCN(Cc2cc(C3CC3)ccc2OC(F)(F)F)CC1)C1CC1. The maximum Gasteiger partial charge on any atom is 0.573 e. The first kappa shape index (κ1) is 27.4. The number of methoxy groups -OCH3 is 1. The van der Waals surface area contributed by atoms with Gasteiger partial charge in [0.1, 0.15) is 17.1 Å². The summed E-state index contributed by atoms with van der Waals surface area (Å²) < 4.78 is 55.4. The number of alkyl halides is 3. The lowest BCUT2D eigenvalue weighted by Crippen LogP contribution is -2.49. The summed E-state index contributed by atoms with van der Waals surface area (Å²) in [6.07, 6.45) is 3.23. The predicted octanol–water partition coefficient (Wildman–Crippen LogP) is 7.13. The van der Waals surface area contributed by atoms with Gasteiger partial charge in [-0.15, -0.1) is 13.2 Å². The summed E-state index contributed by atoms with van der Waals surface area (Å²) in [6, 6.07) is 11.6. The number of esters is 1. The summed E-state index contributed by atoms with van der Waals surface area (Å²) in [5.74, 6) is 1.51. The Hall–Kier alpha value is -2.74. The number of hydrogen-bond acceptors (Lipinski definition) is 5. The van der Waals surface area contributed by atoms with Gasteiger partial charge in [0, 0.05) is 25.2 Å². The Kier molecular flexibility index (Phi) is 7.26. The van der Waals surface area contributed by atoms with Crippen molar-refractivity contribution in [2.24, 2.45) is 11.8 Å². The van der Waals surface area contributed by atoms with E-state index in [2.05, 4.69) is 27.8 Å². The van der Waals surface area contributed by atoms with Crippen LogP contribution in [0.4, 0.5) is 13.2 Å². The monoisotopic (exact) mass is 557 g/mol. The van der Waals surface area contributed by atoms with Gasteiger partial charge in [0.05, 0.1) is 13.0 Å². The first-order valence-electron chi connectivity index (χ1n) is 14.6. The highest BCUT2D eigenvalue weighted by molar-refractivity contribution is 5.73. The Bertz CT molecular complexity index is 1250. The number of fused-ring (bicyclic) bond motifs is 1. The summed E-state index contributed by atoms with van der Waals surface area (Å²) in [4.78, 5) is 14.6. The molecule has 8 heteroatoms. The van der Waals surface area contributed by atoms with Gasteiger partial charge in [0.15, 0.2) is 0 Å². The molecule has 4 aliphatic rings. The van der Waals surface area contributed by atoms with Crippen LogP contribution in [0.15, 0.2) is 36.4 Å². The quantitative estimate of drug-likeness (QED) is 0.323. The molecule has 2 atom stereocenters. The third-order valence-electron chi connectivity index (χ3n) is 9.41. The molecule has 0 amide bonds. The van der Waals surface area contributed by atoms with E-state index in [1.54, 1.807) is 6.07 Å². The molecule has 0 unspecified atom stereocenters. The van der Waals surface area contributed by atoms with Crippen molar-refractivity contribution in [3.8, 4) is 11.5 Å². The average Bonchev–Trinajstić information content (AvgIpc) is 3.84. The zero-order valence-electron chi connectivity index (χ0n) is 23.3. The number of halogens is 3. The van der Waals surface area contributed by atoms with E-state index >= 15 is 0 Å². The number of nitrogens with zero attached hydrogens (tertiary/aromatic N) is 1. The normalized spacial score (nSPS) is 22.2. The van der Waals surface area contributed by atoms with E-state index in [0.29, 0.717) is 23.9 Å². The molecule has 2 aromatic carbocycles. The maximum atomic E-state index is 13.1. The van der Waals surface area contributed by atoms with Gasteiger partial charge in [0.25, 0.3) is 0 Å². The summed E-state index contributed by atoms with van der Waals surface area (Å²) in [5, 5.41) is 0. The van der Waals surface area contributed by atoms with Gasteiger partial charge in [-0.1, -0.05) is 31.2 Å². The summed E-state index contributed by atoms with van der Waals surface area (Å²) in [6.45, 7) is 3.88. The first-order chi connectivity index (χ1) is 19.1.